The predicted octanol–water partition coefficient (Wildman–Crippen LogP) is 3.12. The molecule has 2 aromatic rings. The summed E-state index contributed by atoms with van der Waals surface area (Å²) in [4.78, 5) is 10.4. The van der Waals surface area contributed by atoms with Crippen LogP contribution in [0.4, 0.5) is 5.69 Å². The highest BCUT2D eigenvalue weighted by Gasteiger charge is 2.28. The van der Waals surface area contributed by atoms with Crippen LogP contribution in [0.1, 0.15) is 17.9 Å². The van der Waals surface area contributed by atoms with E-state index in [0.29, 0.717) is 0 Å². The zero-order valence-corrected chi connectivity index (χ0v) is 12.1. The van der Waals surface area contributed by atoms with Gasteiger partial charge in [0.05, 0.1) is 4.92 Å². The maximum absolute atomic E-state index is 12.1. The molecule has 6 nitrogen and oxygen atoms in total. The summed E-state index contributed by atoms with van der Waals surface area (Å²) in [6.45, 7) is 1.58. The Morgan fingerprint density at radius 1 is 1.25 bits per heavy atom. The third-order valence-corrected chi connectivity index (χ3v) is 5.01. The molecule has 106 valence electrons. The van der Waals surface area contributed by atoms with Crippen LogP contribution in [0.3, 0.4) is 0 Å². The highest BCUT2D eigenvalue weighted by atomic mass is 32.2. The maximum Gasteiger partial charge on any atom is 0.304 e. The van der Waals surface area contributed by atoms with Crippen molar-refractivity contribution in [2.24, 2.45) is 0 Å². The fraction of sp³-hybridized carbons (Fsp3) is 0.167. The Kier molecular flexibility index (Phi) is 4.17. The van der Waals surface area contributed by atoms with E-state index in [9.17, 15) is 18.5 Å². The van der Waals surface area contributed by atoms with Gasteiger partial charge in [-0.3, -0.25) is 14.3 Å². The third kappa shape index (κ3) is 3.03. The molecule has 2 rings (SSSR count). The molecule has 0 aliphatic rings. The molecule has 0 amide bonds. The predicted molar refractivity (Wildman–Crippen MR) is 74.1 cm³/mol. The Bertz CT molecular complexity index is 709. The van der Waals surface area contributed by atoms with Gasteiger partial charge in [-0.25, -0.2) is 0 Å². The first-order valence-electron chi connectivity index (χ1n) is 5.62. The molecule has 0 fully saturated rings. The van der Waals surface area contributed by atoms with Crippen LogP contribution in [0.5, 0.6) is 0 Å². The summed E-state index contributed by atoms with van der Waals surface area (Å²) in [5.74, 6) is 0. The van der Waals surface area contributed by atoms with E-state index in [-0.39, 0.29) is 0 Å². The molecule has 0 aliphatic carbocycles. The lowest BCUT2D eigenvalue weighted by Crippen LogP contribution is -2.11. The van der Waals surface area contributed by atoms with Crippen LogP contribution in [0.25, 0.3) is 0 Å². The molecular weight excluding hydrogens is 302 g/mol. The number of hydrogen-bond donors (Lipinski definition) is 0. The van der Waals surface area contributed by atoms with Crippen molar-refractivity contribution in [2.75, 3.05) is 0 Å². The van der Waals surface area contributed by atoms with Crippen molar-refractivity contribution in [2.45, 2.75) is 17.9 Å². The lowest BCUT2D eigenvalue weighted by Gasteiger charge is -2.11. The number of nitro benzene ring substituents is 1. The lowest BCUT2D eigenvalue weighted by molar-refractivity contribution is -0.387. The average Bonchev–Trinajstić information content (AvgIpc) is 2.92. The molecule has 1 heterocycles. The summed E-state index contributed by atoms with van der Waals surface area (Å²) in [7, 11) is -4.20. The number of para-hydroxylation sites is 1. The van der Waals surface area contributed by atoms with Gasteiger partial charge in [-0.05, 0) is 24.4 Å². The molecule has 0 saturated carbocycles. The minimum Gasteiger partial charge on any atom is -0.258 e. The topological polar surface area (TPSA) is 86.5 Å². The first kappa shape index (κ1) is 14.6. The highest BCUT2D eigenvalue weighted by Crippen LogP contribution is 2.30. The summed E-state index contributed by atoms with van der Waals surface area (Å²) in [5, 5.41) is 12.7. The van der Waals surface area contributed by atoms with Crippen molar-refractivity contribution >= 4 is 27.1 Å². The zero-order valence-electron chi connectivity index (χ0n) is 10.4. The van der Waals surface area contributed by atoms with Crippen molar-refractivity contribution in [3.8, 4) is 0 Å². The van der Waals surface area contributed by atoms with Crippen molar-refractivity contribution < 1.29 is 17.5 Å². The first-order valence-corrected chi connectivity index (χ1v) is 7.91. The SMILES string of the molecule is CC(OS(=O)(=O)c1ccccc1[N+](=O)[O-])c1cccs1. The van der Waals surface area contributed by atoms with Crippen molar-refractivity contribution in [3.63, 3.8) is 0 Å². The van der Waals surface area contributed by atoms with Crippen LogP contribution in [0.15, 0.2) is 46.7 Å². The second-order valence-corrected chi connectivity index (χ2v) is 6.45. The van der Waals surface area contributed by atoms with E-state index in [1.807, 2.05) is 0 Å². The molecular formula is C12H11NO5S2. The molecule has 1 aromatic carbocycles. The molecule has 0 N–H and O–H groups in total. The Morgan fingerprint density at radius 2 is 1.95 bits per heavy atom. The van der Waals surface area contributed by atoms with Gasteiger partial charge in [-0.2, -0.15) is 8.42 Å². The number of benzene rings is 1. The zero-order chi connectivity index (χ0) is 14.8. The van der Waals surface area contributed by atoms with Crippen LogP contribution in [-0.2, 0) is 14.3 Å². The number of hydrogen-bond acceptors (Lipinski definition) is 6. The van der Waals surface area contributed by atoms with E-state index in [1.165, 1.54) is 23.5 Å². The number of thiophene rings is 1. The van der Waals surface area contributed by atoms with E-state index in [1.54, 1.807) is 24.4 Å². The largest absolute Gasteiger partial charge is 0.304 e. The summed E-state index contributed by atoms with van der Waals surface area (Å²) in [6, 6.07) is 8.63. The number of nitrogens with zero attached hydrogens (tertiary/aromatic N) is 1. The van der Waals surface area contributed by atoms with Crippen molar-refractivity contribution in [1.29, 1.82) is 0 Å². The average molecular weight is 313 g/mol. The Labute approximate surface area is 119 Å². The summed E-state index contributed by atoms with van der Waals surface area (Å²) in [6.07, 6.45) is -0.695. The molecule has 0 aliphatic heterocycles. The molecule has 0 saturated heterocycles. The minimum absolute atomic E-state index is 0.437. The third-order valence-electron chi connectivity index (χ3n) is 2.55. The first-order chi connectivity index (χ1) is 9.42. The molecule has 1 unspecified atom stereocenters. The molecule has 0 radical (unpaired) electrons. The fourth-order valence-electron chi connectivity index (χ4n) is 1.63. The standard InChI is InChI=1S/C12H11NO5S2/c1-9(11-6-4-8-19-11)18-20(16,17)12-7-3-2-5-10(12)13(14)15/h2-9H,1H3. The van der Waals surface area contributed by atoms with Crippen LogP contribution in [0, 0.1) is 10.1 Å². The van der Waals surface area contributed by atoms with Crippen LogP contribution >= 0.6 is 11.3 Å². The van der Waals surface area contributed by atoms with Gasteiger partial charge in [0.2, 0.25) is 0 Å². The second-order valence-electron chi connectivity index (χ2n) is 3.93. The van der Waals surface area contributed by atoms with Crippen molar-refractivity contribution in [3.05, 3.63) is 56.8 Å². The van der Waals surface area contributed by atoms with Gasteiger partial charge in [0, 0.05) is 10.9 Å². The monoisotopic (exact) mass is 313 g/mol. The molecule has 1 aromatic heterocycles. The summed E-state index contributed by atoms with van der Waals surface area (Å²) in [5.41, 5.74) is -0.495. The van der Waals surface area contributed by atoms with Gasteiger partial charge < -0.3 is 0 Å². The highest BCUT2D eigenvalue weighted by molar-refractivity contribution is 7.87. The van der Waals surface area contributed by atoms with E-state index >= 15 is 0 Å². The fourth-order valence-corrected chi connectivity index (χ4v) is 3.63. The van der Waals surface area contributed by atoms with Gasteiger partial charge in [0.25, 0.3) is 5.69 Å². The van der Waals surface area contributed by atoms with Gasteiger partial charge in [0.15, 0.2) is 4.90 Å². The Balaban J connectivity index is 2.34. The molecule has 0 spiro atoms. The van der Waals surface area contributed by atoms with Gasteiger partial charge >= 0.3 is 10.1 Å². The number of nitro groups is 1. The summed E-state index contributed by atoms with van der Waals surface area (Å²) >= 11 is 1.35. The van der Waals surface area contributed by atoms with E-state index in [0.717, 1.165) is 17.0 Å². The molecule has 0 bridgehead atoms. The van der Waals surface area contributed by atoms with Gasteiger partial charge in [-0.15, -0.1) is 11.3 Å². The molecule has 1 atom stereocenters. The minimum atomic E-state index is -4.20. The van der Waals surface area contributed by atoms with Gasteiger partial charge in [-0.1, -0.05) is 18.2 Å². The summed E-state index contributed by atoms with van der Waals surface area (Å²) < 4.78 is 29.3. The van der Waals surface area contributed by atoms with Gasteiger partial charge in [0.1, 0.15) is 6.10 Å². The quantitative estimate of drug-likeness (QED) is 0.481. The molecule has 20 heavy (non-hydrogen) atoms. The van der Waals surface area contributed by atoms with E-state index in [2.05, 4.69) is 0 Å². The number of rotatable bonds is 5. The van der Waals surface area contributed by atoms with Crippen LogP contribution in [-0.4, -0.2) is 13.3 Å². The van der Waals surface area contributed by atoms with E-state index < -0.39 is 31.7 Å². The second kappa shape index (κ2) is 5.70. The van der Waals surface area contributed by atoms with Crippen LogP contribution < -0.4 is 0 Å². The van der Waals surface area contributed by atoms with E-state index in [4.69, 9.17) is 4.18 Å². The maximum atomic E-state index is 12.1. The van der Waals surface area contributed by atoms with Crippen LogP contribution in [0.2, 0.25) is 0 Å². The Morgan fingerprint density at radius 3 is 2.55 bits per heavy atom. The Hall–Kier alpha value is -1.77. The normalized spacial score (nSPS) is 13.1. The smallest absolute Gasteiger partial charge is 0.258 e. The lowest BCUT2D eigenvalue weighted by atomic mass is 10.3. The molecule has 8 heteroatoms. The van der Waals surface area contributed by atoms with Crippen molar-refractivity contribution in [1.82, 2.24) is 0 Å².